The zero-order chi connectivity index (χ0) is 21.2. The smallest absolute Gasteiger partial charge is 0.244 e. The van der Waals surface area contributed by atoms with Gasteiger partial charge < -0.3 is 5.32 Å². The van der Waals surface area contributed by atoms with Gasteiger partial charge in [-0.3, -0.25) is 9.10 Å². The SMILES string of the molecule is Cc1ccc([C@@H](C)NC(=O)[C@@H](C)N(c2ccc(C)c(C)c2)S(C)(=O)=O)cc1C. The highest BCUT2D eigenvalue weighted by atomic mass is 32.2. The summed E-state index contributed by atoms with van der Waals surface area (Å²) in [7, 11) is -3.63. The first-order valence-electron chi connectivity index (χ1n) is 9.36. The van der Waals surface area contributed by atoms with Gasteiger partial charge >= 0.3 is 0 Å². The minimum Gasteiger partial charge on any atom is -0.348 e. The molecule has 0 fully saturated rings. The van der Waals surface area contributed by atoms with Crippen LogP contribution in [0, 0.1) is 27.7 Å². The second-order valence-corrected chi connectivity index (χ2v) is 9.44. The molecule has 0 heterocycles. The molecule has 5 nitrogen and oxygen atoms in total. The zero-order valence-corrected chi connectivity index (χ0v) is 18.5. The molecule has 1 N–H and O–H groups in total. The van der Waals surface area contributed by atoms with Crippen LogP contribution in [0.25, 0.3) is 0 Å². The number of carbonyl (C=O) groups is 1. The average molecular weight is 403 g/mol. The van der Waals surface area contributed by atoms with Crippen LogP contribution in [0.3, 0.4) is 0 Å². The standard InChI is InChI=1S/C22H30N2O3S/c1-14-8-10-20(12-16(14)3)18(5)23-22(25)19(6)24(28(7,26)27)21-11-9-15(2)17(4)13-21/h8-13,18-19H,1-7H3,(H,23,25)/t18-,19-/m1/s1. The largest absolute Gasteiger partial charge is 0.348 e. The third-order valence-electron chi connectivity index (χ3n) is 5.22. The second-order valence-electron chi connectivity index (χ2n) is 7.58. The summed E-state index contributed by atoms with van der Waals surface area (Å²) in [5.74, 6) is -0.339. The van der Waals surface area contributed by atoms with Crippen molar-refractivity contribution in [2.75, 3.05) is 10.6 Å². The molecule has 0 aliphatic rings. The predicted molar refractivity (Wildman–Crippen MR) is 115 cm³/mol. The number of benzene rings is 2. The fraction of sp³-hybridized carbons (Fsp3) is 0.409. The topological polar surface area (TPSA) is 66.5 Å². The fourth-order valence-electron chi connectivity index (χ4n) is 3.12. The number of anilines is 1. The molecular weight excluding hydrogens is 372 g/mol. The van der Waals surface area contributed by atoms with Crippen molar-refractivity contribution in [1.82, 2.24) is 5.32 Å². The van der Waals surface area contributed by atoms with Gasteiger partial charge in [0, 0.05) is 0 Å². The predicted octanol–water partition coefficient (Wildman–Crippen LogP) is 3.95. The number of nitrogens with zero attached hydrogens (tertiary/aromatic N) is 1. The van der Waals surface area contributed by atoms with Crippen LogP contribution < -0.4 is 9.62 Å². The minimum atomic E-state index is -3.63. The summed E-state index contributed by atoms with van der Waals surface area (Å²) >= 11 is 0. The minimum absolute atomic E-state index is 0.226. The Morgan fingerprint density at radius 1 is 0.893 bits per heavy atom. The van der Waals surface area contributed by atoms with Crippen molar-refractivity contribution in [3.63, 3.8) is 0 Å². The highest BCUT2D eigenvalue weighted by Gasteiger charge is 2.30. The van der Waals surface area contributed by atoms with Crippen LogP contribution in [-0.2, 0) is 14.8 Å². The Labute approximate surface area is 168 Å². The van der Waals surface area contributed by atoms with E-state index < -0.39 is 16.1 Å². The quantitative estimate of drug-likeness (QED) is 0.795. The average Bonchev–Trinajstić information content (AvgIpc) is 2.59. The summed E-state index contributed by atoms with van der Waals surface area (Å²) in [4.78, 5) is 12.9. The summed E-state index contributed by atoms with van der Waals surface area (Å²) < 4.78 is 26.1. The van der Waals surface area contributed by atoms with Crippen LogP contribution >= 0.6 is 0 Å². The Kier molecular flexibility index (Phi) is 6.55. The third-order valence-corrected chi connectivity index (χ3v) is 6.46. The van der Waals surface area contributed by atoms with Gasteiger partial charge in [-0.2, -0.15) is 0 Å². The molecule has 6 heteroatoms. The van der Waals surface area contributed by atoms with E-state index in [9.17, 15) is 13.2 Å². The maximum Gasteiger partial charge on any atom is 0.244 e. The van der Waals surface area contributed by atoms with Crippen molar-refractivity contribution in [2.24, 2.45) is 0 Å². The van der Waals surface area contributed by atoms with Gasteiger partial charge in [-0.1, -0.05) is 24.3 Å². The van der Waals surface area contributed by atoms with Gasteiger partial charge in [0.15, 0.2) is 0 Å². The van der Waals surface area contributed by atoms with Crippen LogP contribution in [0.15, 0.2) is 36.4 Å². The van der Waals surface area contributed by atoms with Crippen molar-refractivity contribution in [3.05, 3.63) is 64.2 Å². The van der Waals surface area contributed by atoms with Gasteiger partial charge in [0.2, 0.25) is 15.9 Å². The third kappa shape index (κ3) is 4.93. The molecule has 28 heavy (non-hydrogen) atoms. The van der Waals surface area contributed by atoms with Gasteiger partial charge in [0.05, 0.1) is 18.0 Å². The van der Waals surface area contributed by atoms with Crippen molar-refractivity contribution in [3.8, 4) is 0 Å². The molecule has 0 spiro atoms. The molecule has 0 aliphatic heterocycles. The molecule has 0 saturated heterocycles. The number of hydrogen-bond donors (Lipinski definition) is 1. The number of carbonyl (C=O) groups excluding carboxylic acids is 1. The van der Waals surface area contributed by atoms with E-state index in [0.717, 1.165) is 28.5 Å². The van der Waals surface area contributed by atoms with Gasteiger partial charge in [-0.25, -0.2) is 8.42 Å². The normalized spacial score (nSPS) is 13.7. The molecule has 2 aromatic carbocycles. The number of nitrogens with one attached hydrogen (secondary N) is 1. The summed E-state index contributed by atoms with van der Waals surface area (Å²) in [5, 5.41) is 2.95. The monoisotopic (exact) mass is 402 g/mol. The van der Waals surface area contributed by atoms with Crippen molar-refractivity contribution in [2.45, 2.75) is 53.6 Å². The molecule has 1 amide bonds. The Balaban J connectivity index is 2.28. The van der Waals surface area contributed by atoms with Crippen LogP contribution in [0.2, 0.25) is 0 Å². The number of sulfonamides is 1. The molecule has 0 aliphatic carbocycles. The summed E-state index contributed by atoms with van der Waals surface area (Å²) in [5.41, 5.74) is 5.86. The van der Waals surface area contributed by atoms with E-state index >= 15 is 0 Å². The van der Waals surface area contributed by atoms with Gasteiger partial charge in [-0.15, -0.1) is 0 Å². The lowest BCUT2D eigenvalue weighted by Gasteiger charge is -2.29. The highest BCUT2D eigenvalue weighted by Crippen LogP contribution is 2.24. The van der Waals surface area contributed by atoms with E-state index in [-0.39, 0.29) is 11.9 Å². The van der Waals surface area contributed by atoms with E-state index in [0.29, 0.717) is 5.69 Å². The molecule has 2 rings (SSSR count). The van der Waals surface area contributed by atoms with E-state index in [1.54, 1.807) is 19.1 Å². The Hall–Kier alpha value is -2.34. The summed E-state index contributed by atoms with van der Waals surface area (Å²) in [6.07, 6.45) is 1.12. The lowest BCUT2D eigenvalue weighted by molar-refractivity contribution is -0.122. The van der Waals surface area contributed by atoms with Crippen LogP contribution in [0.1, 0.15) is 47.7 Å². The Bertz CT molecular complexity index is 983. The fourth-order valence-corrected chi connectivity index (χ4v) is 4.29. The van der Waals surface area contributed by atoms with E-state index in [2.05, 4.69) is 5.32 Å². The second kappa shape index (κ2) is 8.35. The first-order valence-corrected chi connectivity index (χ1v) is 11.2. The maximum atomic E-state index is 12.9. The zero-order valence-electron chi connectivity index (χ0n) is 17.7. The van der Waals surface area contributed by atoms with Crippen LogP contribution in [0.5, 0.6) is 0 Å². The van der Waals surface area contributed by atoms with E-state index in [1.165, 1.54) is 9.87 Å². The number of rotatable bonds is 6. The highest BCUT2D eigenvalue weighted by molar-refractivity contribution is 7.92. The number of amides is 1. The lowest BCUT2D eigenvalue weighted by atomic mass is 10.0. The lowest BCUT2D eigenvalue weighted by Crippen LogP contribution is -2.48. The molecule has 0 aromatic heterocycles. The first kappa shape index (κ1) is 22.0. The van der Waals surface area contributed by atoms with Gasteiger partial charge in [-0.05, 0) is 81.5 Å². The van der Waals surface area contributed by atoms with Gasteiger partial charge in [0.1, 0.15) is 6.04 Å². The van der Waals surface area contributed by atoms with Crippen molar-refractivity contribution >= 4 is 21.6 Å². The molecule has 0 radical (unpaired) electrons. The molecule has 2 aromatic rings. The van der Waals surface area contributed by atoms with Crippen LogP contribution in [-0.4, -0.2) is 26.6 Å². The van der Waals surface area contributed by atoms with E-state index in [1.807, 2.05) is 58.9 Å². The van der Waals surface area contributed by atoms with Gasteiger partial charge in [0.25, 0.3) is 0 Å². The van der Waals surface area contributed by atoms with Crippen LogP contribution in [0.4, 0.5) is 5.69 Å². The summed E-state index contributed by atoms with van der Waals surface area (Å²) in [6.45, 7) is 11.5. The Morgan fingerprint density at radius 2 is 1.43 bits per heavy atom. The molecule has 0 bridgehead atoms. The number of hydrogen-bond acceptors (Lipinski definition) is 3. The maximum absolute atomic E-state index is 12.9. The molecule has 0 unspecified atom stereocenters. The van der Waals surface area contributed by atoms with Crippen molar-refractivity contribution in [1.29, 1.82) is 0 Å². The van der Waals surface area contributed by atoms with E-state index in [4.69, 9.17) is 0 Å². The molecule has 0 saturated carbocycles. The molecule has 152 valence electrons. The van der Waals surface area contributed by atoms with Crippen molar-refractivity contribution < 1.29 is 13.2 Å². The molecule has 2 atom stereocenters. The molecular formula is C22H30N2O3S. The number of aryl methyl sites for hydroxylation is 4. The Morgan fingerprint density at radius 3 is 1.93 bits per heavy atom. The summed E-state index contributed by atoms with van der Waals surface area (Å²) in [6, 6.07) is 10.4. The first-order chi connectivity index (χ1) is 12.9.